The molecule has 1 amide bonds. The van der Waals surface area contributed by atoms with E-state index < -0.39 is 10.0 Å². The molecule has 0 radical (unpaired) electrons. The number of aromatic nitrogens is 2. The van der Waals surface area contributed by atoms with Crippen molar-refractivity contribution >= 4 is 32.4 Å². The highest BCUT2D eigenvalue weighted by molar-refractivity contribution is 7.89. The second-order valence-electron chi connectivity index (χ2n) is 5.96. The van der Waals surface area contributed by atoms with Gasteiger partial charge in [-0.3, -0.25) is 4.79 Å². The average molecular weight is 380 g/mol. The number of amides is 1. The van der Waals surface area contributed by atoms with E-state index >= 15 is 0 Å². The van der Waals surface area contributed by atoms with E-state index in [2.05, 4.69) is 15.5 Å². The number of hydrogen-bond acceptors (Lipinski definition) is 6. The molecule has 0 bridgehead atoms. The van der Waals surface area contributed by atoms with Gasteiger partial charge in [-0.1, -0.05) is 29.9 Å². The van der Waals surface area contributed by atoms with Crippen LogP contribution in [0.5, 0.6) is 0 Å². The molecule has 0 unspecified atom stereocenters. The number of benzene rings is 1. The summed E-state index contributed by atoms with van der Waals surface area (Å²) in [5, 5.41) is 11.6. The minimum Gasteiger partial charge on any atom is -0.300 e. The molecular weight excluding hydrogens is 360 g/mol. The smallest absolute Gasteiger partial charge is 0.243 e. The number of rotatable bonds is 5. The molecule has 1 N–H and O–H groups in total. The van der Waals surface area contributed by atoms with Gasteiger partial charge in [-0.05, 0) is 37.5 Å². The van der Waals surface area contributed by atoms with Gasteiger partial charge in [0.15, 0.2) is 0 Å². The van der Waals surface area contributed by atoms with Crippen LogP contribution in [0.1, 0.15) is 29.8 Å². The number of piperidine rings is 1. The topological polar surface area (TPSA) is 92.3 Å². The third-order valence-electron chi connectivity index (χ3n) is 4.01. The molecule has 0 saturated carbocycles. The summed E-state index contributed by atoms with van der Waals surface area (Å²) in [5.41, 5.74) is 0.747. The van der Waals surface area contributed by atoms with Crippen LogP contribution >= 0.6 is 11.3 Å². The number of hydrogen-bond donors (Lipinski definition) is 1. The lowest BCUT2D eigenvalue weighted by molar-refractivity contribution is -0.115. The van der Waals surface area contributed by atoms with Crippen LogP contribution in [0.3, 0.4) is 0 Å². The maximum atomic E-state index is 12.6. The van der Waals surface area contributed by atoms with Crippen LogP contribution in [-0.4, -0.2) is 41.9 Å². The summed E-state index contributed by atoms with van der Waals surface area (Å²) in [5.74, 6) is -0.206. The Hall–Kier alpha value is -1.84. The molecule has 25 heavy (non-hydrogen) atoms. The minimum absolute atomic E-state index is 0.155. The van der Waals surface area contributed by atoms with E-state index in [1.54, 1.807) is 24.3 Å². The second kappa shape index (κ2) is 7.59. The Bertz CT molecular complexity index is 841. The van der Waals surface area contributed by atoms with Crippen LogP contribution in [0.25, 0.3) is 0 Å². The molecular formula is C16H20N4O3S2. The van der Waals surface area contributed by atoms with Crippen LogP contribution in [-0.2, 0) is 21.2 Å². The molecule has 0 spiro atoms. The first-order valence-corrected chi connectivity index (χ1v) is 10.4. The van der Waals surface area contributed by atoms with Crippen molar-refractivity contribution in [2.45, 2.75) is 37.5 Å². The van der Waals surface area contributed by atoms with Crippen LogP contribution in [0.4, 0.5) is 5.13 Å². The fourth-order valence-electron chi connectivity index (χ4n) is 2.73. The Morgan fingerprint density at radius 1 is 1.16 bits per heavy atom. The zero-order valence-corrected chi connectivity index (χ0v) is 15.6. The Morgan fingerprint density at radius 2 is 1.84 bits per heavy atom. The molecule has 3 rings (SSSR count). The number of nitrogens with zero attached hydrogens (tertiary/aromatic N) is 3. The van der Waals surface area contributed by atoms with E-state index in [0.717, 1.165) is 29.8 Å². The highest BCUT2D eigenvalue weighted by Gasteiger charge is 2.25. The number of anilines is 1. The van der Waals surface area contributed by atoms with Gasteiger partial charge in [0.25, 0.3) is 0 Å². The average Bonchev–Trinajstić information content (AvgIpc) is 3.01. The third kappa shape index (κ3) is 4.42. The predicted molar refractivity (Wildman–Crippen MR) is 96.0 cm³/mol. The molecule has 1 aliphatic rings. The molecule has 2 aromatic rings. The highest BCUT2D eigenvalue weighted by atomic mass is 32.2. The number of sulfonamides is 1. The van der Waals surface area contributed by atoms with E-state index in [9.17, 15) is 13.2 Å². The van der Waals surface area contributed by atoms with E-state index in [1.807, 2.05) is 6.92 Å². The number of carbonyl (C=O) groups excluding carboxylic acids is 1. The zero-order chi connectivity index (χ0) is 17.9. The summed E-state index contributed by atoms with van der Waals surface area (Å²) in [6.07, 6.45) is 3.04. The molecule has 7 nitrogen and oxygen atoms in total. The maximum absolute atomic E-state index is 12.6. The van der Waals surface area contributed by atoms with E-state index in [0.29, 0.717) is 18.2 Å². The first kappa shape index (κ1) is 18.0. The van der Waals surface area contributed by atoms with Crippen LogP contribution < -0.4 is 5.32 Å². The van der Waals surface area contributed by atoms with Crippen molar-refractivity contribution in [3.05, 3.63) is 34.8 Å². The Kier molecular flexibility index (Phi) is 5.45. The van der Waals surface area contributed by atoms with Gasteiger partial charge in [0.1, 0.15) is 5.01 Å². The fraction of sp³-hybridized carbons (Fsp3) is 0.438. The molecule has 1 fully saturated rings. The van der Waals surface area contributed by atoms with Crippen molar-refractivity contribution in [2.75, 3.05) is 18.4 Å². The van der Waals surface area contributed by atoms with Gasteiger partial charge < -0.3 is 5.32 Å². The molecule has 0 atom stereocenters. The van der Waals surface area contributed by atoms with Gasteiger partial charge in [0.2, 0.25) is 21.1 Å². The fourth-order valence-corrected chi connectivity index (χ4v) is 4.85. The number of aryl methyl sites for hydroxylation is 1. The van der Waals surface area contributed by atoms with Gasteiger partial charge >= 0.3 is 0 Å². The molecule has 1 aliphatic heterocycles. The largest absolute Gasteiger partial charge is 0.300 e. The van der Waals surface area contributed by atoms with Crippen molar-refractivity contribution in [2.24, 2.45) is 0 Å². The van der Waals surface area contributed by atoms with Crippen molar-refractivity contribution in [1.82, 2.24) is 14.5 Å². The monoisotopic (exact) mass is 380 g/mol. The molecule has 0 aliphatic carbocycles. The molecule has 1 aromatic heterocycles. The summed E-state index contributed by atoms with van der Waals surface area (Å²) < 4.78 is 26.7. The molecule has 9 heteroatoms. The summed E-state index contributed by atoms with van der Waals surface area (Å²) in [6.45, 7) is 2.97. The quantitative estimate of drug-likeness (QED) is 0.858. The van der Waals surface area contributed by atoms with Crippen LogP contribution in [0.15, 0.2) is 29.2 Å². The second-order valence-corrected chi connectivity index (χ2v) is 9.08. The Morgan fingerprint density at radius 3 is 2.44 bits per heavy atom. The third-order valence-corrected chi connectivity index (χ3v) is 6.68. The van der Waals surface area contributed by atoms with E-state index in [4.69, 9.17) is 0 Å². The molecule has 1 aromatic carbocycles. The van der Waals surface area contributed by atoms with Crippen molar-refractivity contribution < 1.29 is 13.2 Å². The summed E-state index contributed by atoms with van der Waals surface area (Å²) in [4.78, 5) is 12.3. The zero-order valence-electron chi connectivity index (χ0n) is 13.9. The van der Waals surface area contributed by atoms with Crippen molar-refractivity contribution in [3.63, 3.8) is 0 Å². The number of nitrogens with one attached hydrogen (secondary N) is 1. The lowest BCUT2D eigenvalue weighted by Crippen LogP contribution is -2.35. The summed E-state index contributed by atoms with van der Waals surface area (Å²) in [6, 6.07) is 6.51. The van der Waals surface area contributed by atoms with Crippen molar-refractivity contribution in [1.29, 1.82) is 0 Å². The Labute approximate surface area is 151 Å². The first-order valence-electron chi connectivity index (χ1n) is 8.14. The van der Waals surface area contributed by atoms with E-state index in [-0.39, 0.29) is 17.2 Å². The van der Waals surface area contributed by atoms with Gasteiger partial charge in [-0.2, -0.15) is 4.31 Å². The standard InChI is InChI=1S/C16H20N4O3S2/c1-12-18-19-16(24-12)17-15(21)11-13-5-7-14(8-6-13)25(22,23)20-9-3-2-4-10-20/h5-8H,2-4,9-11H2,1H3,(H,17,19,21). The van der Waals surface area contributed by atoms with Crippen molar-refractivity contribution in [3.8, 4) is 0 Å². The van der Waals surface area contributed by atoms with Gasteiger partial charge in [0, 0.05) is 13.1 Å². The molecule has 134 valence electrons. The minimum atomic E-state index is -3.44. The predicted octanol–water partition coefficient (Wildman–Crippen LogP) is 2.20. The van der Waals surface area contributed by atoms with Crippen LogP contribution in [0.2, 0.25) is 0 Å². The highest BCUT2D eigenvalue weighted by Crippen LogP contribution is 2.21. The lowest BCUT2D eigenvalue weighted by atomic mass is 10.1. The van der Waals surface area contributed by atoms with E-state index in [1.165, 1.54) is 15.6 Å². The molecule has 1 saturated heterocycles. The first-order chi connectivity index (χ1) is 11.9. The SMILES string of the molecule is Cc1nnc(NC(=O)Cc2ccc(S(=O)(=O)N3CCCCC3)cc2)s1. The van der Waals surface area contributed by atoms with Gasteiger partial charge in [-0.15, -0.1) is 10.2 Å². The maximum Gasteiger partial charge on any atom is 0.243 e. The van der Waals surface area contributed by atoms with Crippen LogP contribution in [0, 0.1) is 6.92 Å². The van der Waals surface area contributed by atoms with Gasteiger partial charge in [0.05, 0.1) is 11.3 Å². The van der Waals surface area contributed by atoms with Gasteiger partial charge in [-0.25, -0.2) is 8.42 Å². The Balaban J connectivity index is 1.64. The normalized spacial score (nSPS) is 15.9. The lowest BCUT2D eigenvalue weighted by Gasteiger charge is -2.25. The molecule has 2 heterocycles. The number of carbonyl (C=O) groups is 1. The summed E-state index contributed by atoms with van der Waals surface area (Å²) >= 11 is 1.31. The summed E-state index contributed by atoms with van der Waals surface area (Å²) in [7, 11) is -3.44.